The van der Waals surface area contributed by atoms with Gasteiger partial charge in [-0.25, -0.2) is 10.0 Å². The third-order valence-electron chi connectivity index (χ3n) is 4.86. The molecule has 0 aromatic carbocycles. The van der Waals surface area contributed by atoms with Crippen molar-refractivity contribution in [3.63, 3.8) is 0 Å². The molecule has 1 unspecified atom stereocenters. The highest BCUT2D eigenvalue weighted by atomic mass is 16.5. The van der Waals surface area contributed by atoms with Gasteiger partial charge in [0.1, 0.15) is 0 Å². The lowest BCUT2D eigenvalue weighted by atomic mass is 10.1. The molecule has 3 saturated heterocycles. The Bertz CT molecular complexity index is 236. The Labute approximate surface area is 117 Å². The lowest BCUT2D eigenvalue weighted by molar-refractivity contribution is -0.149. The Morgan fingerprint density at radius 3 is 2.16 bits per heavy atom. The Kier molecular flexibility index (Phi) is 5.10. The number of morpholine rings is 1. The summed E-state index contributed by atoms with van der Waals surface area (Å²) in [6.07, 6.45) is 10.4. The smallest absolute Gasteiger partial charge is 0.0760 e. The number of ether oxygens (including phenoxy) is 1. The van der Waals surface area contributed by atoms with E-state index in [0.29, 0.717) is 6.17 Å². The lowest BCUT2D eigenvalue weighted by Gasteiger charge is -2.46. The molecule has 1 atom stereocenters. The first kappa shape index (κ1) is 13.8. The monoisotopic (exact) mass is 267 g/mol. The summed E-state index contributed by atoms with van der Waals surface area (Å²) in [5, 5.41) is 5.27. The number of piperidine rings is 1. The maximum atomic E-state index is 5.52. The highest BCUT2D eigenvalue weighted by Crippen LogP contribution is 2.25. The molecular formula is C15H29N3O. The van der Waals surface area contributed by atoms with Crippen molar-refractivity contribution in [2.45, 2.75) is 51.1 Å². The number of hydrogen-bond acceptors (Lipinski definition) is 4. The molecule has 0 saturated carbocycles. The predicted molar refractivity (Wildman–Crippen MR) is 76.8 cm³/mol. The summed E-state index contributed by atoms with van der Waals surface area (Å²) in [4.78, 5) is 2.75. The fraction of sp³-hybridized carbons (Fsp3) is 1.00. The molecule has 3 heterocycles. The van der Waals surface area contributed by atoms with E-state index in [1.165, 1.54) is 64.6 Å². The average Bonchev–Trinajstić information content (AvgIpc) is 2.75. The van der Waals surface area contributed by atoms with E-state index in [-0.39, 0.29) is 0 Å². The molecule has 0 bridgehead atoms. The second kappa shape index (κ2) is 7.02. The highest BCUT2D eigenvalue weighted by molar-refractivity contribution is 4.79. The van der Waals surface area contributed by atoms with Gasteiger partial charge in [-0.05, 0) is 38.8 Å². The SMILES string of the molecule is C1CCN(C2CCCCCN2N2CCOCC2)CC1. The van der Waals surface area contributed by atoms with Crippen molar-refractivity contribution < 1.29 is 4.74 Å². The number of nitrogens with zero attached hydrogens (tertiary/aromatic N) is 3. The first-order chi connectivity index (χ1) is 9.45. The molecule has 19 heavy (non-hydrogen) atoms. The molecular weight excluding hydrogens is 238 g/mol. The van der Waals surface area contributed by atoms with Gasteiger partial charge in [0.05, 0.1) is 19.4 Å². The summed E-state index contributed by atoms with van der Waals surface area (Å²) < 4.78 is 5.52. The van der Waals surface area contributed by atoms with Crippen LogP contribution in [0.1, 0.15) is 44.9 Å². The molecule has 3 aliphatic rings. The normalized spacial score (nSPS) is 33.2. The van der Waals surface area contributed by atoms with E-state index in [0.717, 1.165) is 26.3 Å². The summed E-state index contributed by atoms with van der Waals surface area (Å²) in [7, 11) is 0. The zero-order valence-corrected chi connectivity index (χ0v) is 12.2. The Morgan fingerprint density at radius 2 is 1.37 bits per heavy atom. The van der Waals surface area contributed by atoms with Crippen LogP contribution in [0.3, 0.4) is 0 Å². The molecule has 4 heteroatoms. The minimum Gasteiger partial charge on any atom is -0.379 e. The van der Waals surface area contributed by atoms with Crippen LogP contribution in [-0.4, -0.2) is 67.0 Å². The molecule has 0 amide bonds. The maximum Gasteiger partial charge on any atom is 0.0760 e. The van der Waals surface area contributed by atoms with E-state index in [2.05, 4.69) is 14.9 Å². The van der Waals surface area contributed by atoms with E-state index in [4.69, 9.17) is 4.74 Å². The van der Waals surface area contributed by atoms with Crippen molar-refractivity contribution in [3.8, 4) is 0 Å². The summed E-state index contributed by atoms with van der Waals surface area (Å²) in [6, 6.07) is 0. The van der Waals surface area contributed by atoms with Crippen LogP contribution in [0.15, 0.2) is 0 Å². The van der Waals surface area contributed by atoms with Gasteiger partial charge in [-0.3, -0.25) is 4.90 Å². The first-order valence-corrected chi connectivity index (χ1v) is 8.28. The van der Waals surface area contributed by atoms with Crippen LogP contribution in [-0.2, 0) is 4.74 Å². The van der Waals surface area contributed by atoms with Crippen molar-refractivity contribution in [1.29, 1.82) is 0 Å². The van der Waals surface area contributed by atoms with Gasteiger partial charge in [-0.15, -0.1) is 0 Å². The van der Waals surface area contributed by atoms with Crippen molar-refractivity contribution in [2.75, 3.05) is 45.9 Å². The maximum absolute atomic E-state index is 5.52. The molecule has 3 fully saturated rings. The molecule has 0 radical (unpaired) electrons. The summed E-state index contributed by atoms with van der Waals surface area (Å²) in [5.41, 5.74) is 0. The van der Waals surface area contributed by atoms with Crippen LogP contribution in [0.4, 0.5) is 0 Å². The fourth-order valence-corrected chi connectivity index (χ4v) is 3.80. The van der Waals surface area contributed by atoms with Crippen LogP contribution in [0.2, 0.25) is 0 Å². The van der Waals surface area contributed by atoms with Gasteiger partial charge in [0, 0.05) is 19.6 Å². The molecule has 0 aromatic heterocycles. The summed E-state index contributed by atoms with van der Waals surface area (Å²) >= 11 is 0. The molecule has 0 aliphatic carbocycles. The van der Waals surface area contributed by atoms with Crippen molar-refractivity contribution in [1.82, 2.24) is 14.9 Å². The van der Waals surface area contributed by atoms with Gasteiger partial charge in [-0.1, -0.05) is 19.3 Å². The summed E-state index contributed by atoms with van der Waals surface area (Å²) in [6.45, 7) is 7.86. The summed E-state index contributed by atoms with van der Waals surface area (Å²) in [5.74, 6) is 0. The van der Waals surface area contributed by atoms with E-state index in [1.807, 2.05) is 0 Å². The molecule has 0 N–H and O–H groups in total. The largest absolute Gasteiger partial charge is 0.379 e. The lowest BCUT2D eigenvalue weighted by Crippen LogP contribution is -2.59. The standard InChI is InChI=1S/C15H29N3O/c1-3-7-15(16-8-4-2-5-9-16)18(10-6-1)17-11-13-19-14-12-17/h15H,1-14H2. The molecule has 3 rings (SSSR count). The Balaban J connectivity index is 1.68. The van der Waals surface area contributed by atoms with E-state index < -0.39 is 0 Å². The zero-order chi connectivity index (χ0) is 12.9. The van der Waals surface area contributed by atoms with Crippen molar-refractivity contribution >= 4 is 0 Å². The van der Waals surface area contributed by atoms with E-state index >= 15 is 0 Å². The highest BCUT2D eigenvalue weighted by Gasteiger charge is 2.31. The van der Waals surface area contributed by atoms with Crippen LogP contribution >= 0.6 is 0 Å². The molecule has 0 aromatic rings. The minimum absolute atomic E-state index is 0.667. The van der Waals surface area contributed by atoms with Crippen molar-refractivity contribution in [3.05, 3.63) is 0 Å². The van der Waals surface area contributed by atoms with Crippen LogP contribution in [0.5, 0.6) is 0 Å². The molecule has 4 nitrogen and oxygen atoms in total. The Morgan fingerprint density at radius 1 is 0.684 bits per heavy atom. The third-order valence-corrected chi connectivity index (χ3v) is 4.86. The van der Waals surface area contributed by atoms with E-state index in [1.54, 1.807) is 0 Å². The first-order valence-electron chi connectivity index (χ1n) is 8.28. The van der Waals surface area contributed by atoms with Gasteiger partial charge in [0.15, 0.2) is 0 Å². The number of likely N-dealkylation sites (tertiary alicyclic amines) is 1. The Hall–Kier alpha value is -0.160. The van der Waals surface area contributed by atoms with Gasteiger partial charge in [0.25, 0.3) is 0 Å². The molecule has 3 aliphatic heterocycles. The average molecular weight is 267 g/mol. The third kappa shape index (κ3) is 3.48. The van der Waals surface area contributed by atoms with Crippen molar-refractivity contribution in [2.24, 2.45) is 0 Å². The van der Waals surface area contributed by atoms with Gasteiger partial charge >= 0.3 is 0 Å². The predicted octanol–water partition coefficient (Wildman–Crippen LogP) is 1.92. The zero-order valence-electron chi connectivity index (χ0n) is 12.2. The van der Waals surface area contributed by atoms with Crippen LogP contribution in [0.25, 0.3) is 0 Å². The topological polar surface area (TPSA) is 19.0 Å². The number of hydrogen-bond donors (Lipinski definition) is 0. The van der Waals surface area contributed by atoms with Gasteiger partial charge in [-0.2, -0.15) is 0 Å². The van der Waals surface area contributed by atoms with Gasteiger partial charge in [0.2, 0.25) is 0 Å². The van der Waals surface area contributed by atoms with Gasteiger partial charge < -0.3 is 4.74 Å². The quantitative estimate of drug-likeness (QED) is 0.761. The molecule has 0 spiro atoms. The number of hydrazine groups is 1. The molecule has 110 valence electrons. The minimum atomic E-state index is 0.667. The second-order valence-electron chi connectivity index (χ2n) is 6.16. The number of rotatable bonds is 2. The van der Waals surface area contributed by atoms with E-state index in [9.17, 15) is 0 Å². The fourth-order valence-electron chi connectivity index (χ4n) is 3.80. The van der Waals surface area contributed by atoms with Crippen LogP contribution in [0, 0.1) is 0 Å². The second-order valence-corrected chi connectivity index (χ2v) is 6.16. The van der Waals surface area contributed by atoms with Crippen LogP contribution < -0.4 is 0 Å².